The fourth-order valence-electron chi connectivity index (χ4n) is 2.37. The van der Waals surface area contributed by atoms with Gasteiger partial charge in [-0.1, -0.05) is 12.1 Å². The first-order valence-corrected chi connectivity index (χ1v) is 7.87. The SMILES string of the molecule is COC(=O)c1ccc(CCC(=O)NCCc2cc(F)cc(F)c2)cc1. The van der Waals surface area contributed by atoms with E-state index in [1.165, 1.54) is 19.2 Å². The van der Waals surface area contributed by atoms with Crippen molar-refractivity contribution >= 4 is 11.9 Å². The molecule has 0 aliphatic heterocycles. The van der Waals surface area contributed by atoms with Gasteiger partial charge in [-0.15, -0.1) is 0 Å². The number of halogens is 2. The molecule has 6 heteroatoms. The van der Waals surface area contributed by atoms with Gasteiger partial charge in [0.2, 0.25) is 5.91 Å². The molecule has 4 nitrogen and oxygen atoms in total. The Morgan fingerprint density at radius 1 is 0.960 bits per heavy atom. The lowest BCUT2D eigenvalue weighted by atomic mass is 10.1. The molecule has 0 saturated heterocycles. The molecule has 25 heavy (non-hydrogen) atoms. The highest BCUT2D eigenvalue weighted by molar-refractivity contribution is 5.89. The zero-order valence-corrected chi connectivity index (χ0v) is 13.9. The topological polar surface area (TPSA) is 55.4 Å². The second-order valence-corrected chi connectivity index (χ2v) is 5.57. The molecule has 0 aliphatic carbocycles. The average Bonchev–Trinajstić information content (AvgIpc) is 2.59. The van der Waals surface area contributed by atoms with Gasteiger partial charge in [-0.25, -0.2) is 13.6 Å². The summed E-state index contributed by atoms with van der Waals surface area (Å²) in [5.41, 5.74) is 1.88. The number of benzene rings is 2. The molecule has 0 aliphatic rings. The minimum Gasteiger partial charge on any atom is -0.465 e. The van der Waals surface area contributed by atoms with Crippen LogP contribution in [-0.4, -0.2) is 25.5 Å². The van der Waals surface area contributed by atoms with Gasteiger partial charge in [-0.3, -0.25) is 4.79 Å². The Bertz CT molecular complexity index is 725. The molecule has 0 spiro atoms. The maximum Gasteiger partial charge on any atom is 0.337 e. The average molecular weight is 347 g/mol. The van der Waals surface area contributed by atoms with Gasteiger partial charge in [-0.2, -0.15) is 0 Å². The first-order valence-electron chi connectivity index (χ1n) is 7.87. The molecule has 1 N–H and O–H groups in total. The lowest BCUT2D eigenvalue weighted by molar-refractivity contribution is -0.121. The molecule has 0 saturated carbocycles. The molecule has 0 aromatic heterocycles. The van der Waals surface area contributed by atoms with Gasteiger partial charge >= 0.3 is 5.97 Å². The summed E-state index contributed by atoms with van der Waals surface area (Å²) in [6.07, 6.45) is 1.17. The Morgan fingerprint density at radius 3 is 2.20 bits per heavy atom. The number of carbonyl (C=O) groups is 2. The normalized spacial score (nSPS) is 10.4. The van der Waals surface area contributed by atoms with Crippen LogP contribution >= 0.6 is 0 Å². The lowest BCUT2D eigenvalue weighted by Gasteiger charge is -2.06. The van der Waals surface area contributed by atoms with Crippen LogP contribution in [0.2, 0.25) is 0 Å². The quantitative estimate of drug-likeness (QED) is 0.783. The number of ether oxygens (including phenoxy) is 1. The third-order valence-corrected chi connectivity index (χ3v) is 3.67. The number of hydrogen-bond donors (Lipinski definition) is 1. The first kappa shape index (κ1) is 18.6. The van der Waals surface area contributed by atoms with Crippen molar-refractivity contribution in [2.24, 2.45) is 0 Å². The highest BCUT2D eigenvalue weighted by Gasteiger charge is 2.06. The van der Waals surface area contributed by atoms with Crippen molar-refractivity contribution in [3.8, 4) is 0 Å². The van der Waals surface area contributed by atoms with Crippen LogP contribution in [0.5, 0.6) is 0 Å². The number of aryl methyl sites for hydroxylation is 1. The van der Waals surface area contributed by atoms with E-state index in [0.717, 1.165) is 11.6 Å². The summed E-state index contributed by atoms with van der Waals surface area (Å²) in [5, 5.41) is 2.72. The highest BCUT2D eigenvalue weighted by atomic mass is 19.1. The predicted octanol–water partition coefficient (Wildman–Crippen LogP) is 3.04. The number of methoxy groups -OCH3 is 1. The van der Waals surface area contributed by atoms with Gasteiger partial charge in [0.05, 0.1) is 12.7 Å². The van der Waals surface area contributed by atoms with Crippen LogP contribution in [-0.2, 0) is 22.4 Å². The fraction of sp³-hybridized carbons (Fsp3) is 0.263. The van der Waals surface area contributed by atoms with Crippen molar-refractivity contribution in [2.75, 3.05) is 13.7 Å². The number of hydrogen-bond acceptors (Lipinski definition) is 3. The van der Waals surface area contributed by atoms with E-state index in [0.29, 0.717) is 30.5 Å². The van der Waals surface area contributed by atoms with E-state index in [2.05, 4.69) is 10.1 Å². The van der Waals surface area contributed by atoms with Gasteiger partial charge in [0.15, 0.2) is 0 Å². The molecule has 2 aromatic carbocycles. The van der Waals surface area contributed by atoms with E-state index in [1.54, 1.807) is 24.3 Å². The summed E-state index contributed by atoms with van der Waals surface area (Å²) in [6, 6.07) is 10.2. The second-order valence-electron chi connectivity index (χ2n) is 5.57. The minimum absolute atomic E-state index is 0.145. The van der Waals surface area contributed by atoms with E-state index in [4.69, 9.17) is 0 Å². The van der Waals surface area contributed by atoms with Crippen LogP contribution in [0.3, 0.4) is 0 Å². The van der Waals surface area contributed by atoms with Crippen LogP contribution in [0.15, 0.2) is 42.5 Å². The molecule has 0 radical (unpaired) electrons. The van der Waals surface area contributed by atoms with Crippen LogP contribution in [0.4, 0.5) is 8.78 Å². The van der Waals surface area contributed by atoms with Gasteiger partial charge in [0.1, 0.15) is 11.6 Å². The van der Waals surface area contributed by atoms with Crippen molar-refractivity contribution in [3.05, 3.63) is 70.8 Å². The third-order valence-electron chi connectivity index (χ3n) is 3.67. The van der Waals surface area contributed by atoms with Crippen LogP contribution in [0.1, 0.15) is 27.9 Å². The molecule has 0 heterocycles. The number of nitrogens with one attached hydrogen (secondary N) is 1. The van der Waals surface area contributed by atoms with E-state index in [-0.39, 0.29) is 12.3 Å². The number of rotatable bonds is 7. The molecular formula is C19H19F2NO3. The zero-order valence-electron chi connectivity index (χ0n) is 13.9. The summed E-state index contributed by atoms with van der Waals surface area (Å²) in [6.45, 7) is 0.309. The Balaban J connectivity index is 1.74. The lowest BCUT2D eigenvalue weighted by Crippen LogP contribution is -2.25. The molecule has 0 unspecified atom stereocenters. The van der Waals surface area contributed by atoms with Crippen molar-refractivity contribution < 1.29 is 23.1 Å². The molecule has 0 atom stereocenters. The number of esters is 1. The Hall–Kier alpha value is -2.76. The number of carbonyl (C=O) groups excluding carboxylic acids is 2. The van der Waals surface area contributed by atoms with E-state index in [9.17, 15) is 18.4 Å². The molecule has 132 valence electrons. The molecule has 1 amide bonds. The summed E-state index contributed by atoms with van der Waals surface area (Å²) in [5.74, 6) is -1.81. The van der Waals surface area contributed by atoms with Crippen molar-refractivity contribution in [1.82, 2.24) is 5.32 Å². The van der Waals surface area contributed by atoms with Gasteiger partial charge in [-0.05, 0) is 48.2 Å². The van der Waals surface area contributed by atoms with Gasteiger partial charge < -0.3 is 10.1 Å². The van der Waals surface area contributed by atoms with Crippen LogP contribution < -0.4 is 5.32 Å². The largest absolute Gasteiger partial charge is 0.465 e. The van der Waals surface area contributed by atoms with Crippen molar-refractivity contribution in [3.63, 3.8) is 0 Å². The Labute approximate surface area is 144 Å². The van der Waals surface area contributed by atoms with Crippen molar-refractivity contribution in [2.45, 2.75) is 19.3 Å². The summed E-state index contributed by atoms with van der Waals surface area (Å²) in [7, 11) is 1.32. The Morgan fingerprint density at radius 2 is 1.60 bits per heavy atom. The molecule has 2 rings (SSSR count). The van der Waals surface area contributed by atoms with E-state index < -0.39 is 17.6 Å². The van der Waals surface area contributed by atoms with E-state index >= 15 is 0 Å². The second kappa shape index (κ2) is 8.92. The summed E-state index contributed by atoms with van der Waals surface area (Å²) < 4.78 is 30.8. The summed E-state index contributed by atoms with van der Waals surface area (Å²) >= 11 is 0. The molecule has 0 bridgehead atoms. The predicted molar refractivity (Wildman–Crippen MR) is 89.2 cm³/mol. The maximum absolute atomic E-state index is 13.1. The zero-order chi connectivity index (χ0) is 18.2. The van der Waals surface area contributed by atoms with Gasteiger partial charge in [0.25, 0.3) is 0 Å². The van der Waals surface area contributed by atoms with Gasteiger partial charge in [0, 0.05) is 19.0 Å². The maximum atomic E-state index is 13.1. The minimum atomic E-state index is -0.628. The third kappa shape index (κ3) is 5.99. The Kier molecular flexibility index (Phi) is 6.62. The van der Waals surface area contributed by atoms with E-state index in [1.807, 2.05) is 0 Å². The number of amides is 1. The first-order chi connectivity index (χ1) is 12.0. The fourth-order valence-corrected chi connectivity index (χ4v) is 2.37. The molecule has 0 fully saturated rings. The summed E-state index contributed by atoms with van der Waals surface area (Å²) in [4.78, 5) is 23.2. The van der Waals surface area contributed by atoms with Crippen LogP contribution in [0, 0.1) is 11.6 Å². The highest BCUT2D eigenvalue weighted by Crippen LogP contribution is 2.09. The molecule has 2 aromatic rings. The smallest absolute Gasteiger partial charge is 0.337 e. The van der Waals surface area contributed by atoms with Crippen LogP contribution in [0.25, 0.3) is 0 Å². The van der Waals surface area contributed by atoms with Crippen molar-refractivity contribution in [1.29, 1.82) is 0 Å². The molecular weight excluding hydrogens is 328 g/mol. The monoisotopic (exact) mass is 347 g/mol. The standard InChI is InChI=1S/C19H19F2NO3/c1-25-19(24)15-5-2-13(3-6-15)4-7-18(23)22-9-8-14-10-16(20)12-17(21)11-14/h2-3,5-6,10-12H,4,7-9H2,1H3,(H,22,23).